The molecule has 0 aliphatic carbocycles. The van der Waals surface area contributed by atoms with E-state index in [0.717, 1.165) is 17.7 Å². The van der Waals surface area contributed by atoms with Gasteiger partial charge in [-0.2, -0.15) is 0 Å². The van der Waals surface area contributed by atoms with Crippen molar-refractivity contribution in [2.75, 3.05) is 6.54 Å². The van der Waals surface area contributed by atoms with E-state index in [0.29, 0.717) is 5.02 Å². The number of nitrogens with one attached hydrogen (secondary N) is 1. The van der Waals surface area contributed by atoms with E-state index < -0.39 is 0 Å². The van der Waals surface area contributed by atoms with Crippen molar-refractivity contribution in [3.8, 4) is 0 Å². The SMILES string of the molecule is CCNC(c1ccc(I)cc1)c1cc(F)ccc1Cl. The summed E-state index contributed by atoms with van der Waals surface area (Å²) < 4.78 is 14.6. The monoisotopic (exact) mass is 389 g/mol. The van der Waals surface area contributed by atoms with Crippen LogP contribution in [-0.2, 0) is 0 Å². The van der Waals surface area contributed by atoms with E-state index in [1.54, 1.807) is 6.07 Å². The normalized spacial score (nSPS) is 12.4. The highest BCUT2D eigenvalue weighted by atomic mass is 127. The van der Waals surface area contributed by atoms with Crippen molar-refractivity contribution in [3.05, 3.63) is 68.0 Å². The predicted molar refractivity (Wildman–Crippen MR) is 86.1 cm³/mol. The van der Waals surface area contributed by atoms with Gasteiger partial charge in [0.15, 0.2) is 0 Å². The zero-order valence-corrected chi connectivity index (χ0v) is 13.4. The van der Waals surface area contributed by atoms with E-state index in [2.05, 4.69) is 27.9 Å². The van der Waals surface area contributed by atoms with Crippen LogP contribution in [0.2, 0.25) is 5.02 Å². The maximum absolute atomic E-state index is 13.4. The average molecular weight is 390 g/mol. The Morgan fingerprint density at radius 2 is 1.89 bits per heavy atom. The molecule has 0 fully saturated rings. The van der Waals surface area contributed by atoms with Crippen LogP contribution in [0, 0.1) is 9.39 Å². The lowest BCUT2D eigenvalue weighted by atomic mass is 9.98. The van der Waals surface area contributed by atoms with Crippen molar-refractivity contribution in [1.29, 1.82) is 0 Å². The number of halogens is 3. The predicted octanol–water partition coefficient (Wildman–Crippen LogP) is 4.78. The minimum absolute atomic E-state index is 0.0924. The van der Waals surface area contributed by atoms with Crippen molar-refractivity contribution in [3.63, 3.8) is 0 Å². The second kappa shape index (κ2) is 6.68. The first-order valence-corrected chi connectivity index (χ1v) is 7.51. The minimum Gasteiger partial charge on any atom is -0.306 e. The smallest absolute Gasteiger partial charge is 0.123 e. The van der Waals surface area contributed by atoms with E-state index >= 15 is 0 Å². The largest absolute Gasteiger partial charge is 0.306 e. The van der Waals surface area contributed by atoms with E-state index in [1.165, 1.54) is 15.7 Å². The lowest BCUT2D eigenvalue weighted by Crippen LogP contribution is -2.22. The van der Waals surface area contributed by atoms with E-state index in [9.17, 15) is 4.39 Å². The molecule has 19 heavy (non-hydrogen) atoms. The lowest BCUT2D eigenvalue weighted by molar-refractivity contribution is 0.603. The third-order valence-corrected chi connectivity index (χ3v) is 3.94. The molecule has 0 heterocycles. The molecule has 0 aromatic heterocycles. The van der Waals surface area contributed by atoms with Gasteiger partial charge >= 0.3 is 0 Å². The Kier molecular flexibility index (Phi) is 5.19. The molecule has 0 spiro atoms. The molecule has 0 aliphatic rings. The Labute approximate surface area is 131 Å². The van der Waals surface area contributed by atoms with Crippen LogP contribution in [0.15, 0.2) is 42.5 Å². The van der Waals surface area contributed by atoms with Crippen LogP contribution in [0.4, 0.5) is 4.39 Å². The van der Waals surface area contributed by atoms with Crippen LogP contribution in [0.25, 0.3) is 0 Å². The highest BCUT2D eigenvalue weighted by Gasteiger charge is 2.16. The molecule has 0 aliphatic heterocycles. The zero-order valence-electron chi connectivity index (χ0n) is 10.5. The number of hydrogen-bond acceptors (Lipinski definition) is 1. The summed E-state index contributed by atoms with van der Waals surface area (Å²) in [5, 5.41) is 3.92. The Balaban J connectivity index is 2.44. The highest BCUT2D eigenvalue weighted by molar-refractivity contribution is 14.1. The zero-order chi connectivity index (χ0) is 13.8. The summed E-state index contributed by atoms with van der Waals surface area (Å²) in [6, 6.07) is 12.5. The Morgan fingerprint density at radius 1 is 1.21 bits per heavy atom. The summed E-state index contributed by atoms with van der Waals surface area (Å²) in [7, 11) is 0. The van der Waals surface area contributed by atoms with Crippen molar-refractivity contribution in [2.24, 2.45) is 0 Å². The van der Waals surface area contributed by atoms with Gasteiger partial charge in [-0.15, -0.1) is 0 Å². The summed E-state index contributed by atoms with van der Waals surface area (Å²) in [6.07, 6.45) is 0. The van der Waals surface area contributed by atoms with E-state index in [4.69, 9.17) is 11.6 Å². The van der Waals surface area contributed by atoms with Crippen molar-refractivity contribution < 1.29 is 4.39 Å². The van der Waals surface area contributed by atoms with Crippen LogP contribution in [0.3, 0.4) is 0 Å². The van der Waals surface area contributed by atoms with Crippen molar-refractivity contribution >= 4 is 34.2 Å². The third-order valence-electron chi connectivity index (χ3n) is 2.88. The molecule has 0 saturated heterocycles. The molecular formula is C15H14ClFIN. The standard InChI is InChI=1S/C15H14ClFIN/c1-2-19-15(10-3-6-12(18)7-4-10)13-9-11(17)5-8-14(13)16/h3-9,15,19H,2H2,1H3. The molecule has 2 aromatic rings. The van der Waals surface area contributed by atoms with Gasteiger partial charge in [0.2, 0.25) is 0 Å². The van der Waals surface area contributed by atoms with Gasteiger partial charge < -0.3 is 5.32 Å². The van der Waals surface area contributed by atoms with Crippen LogP contribution in [0.5, 0.6) is 0 Å². The van der Waals surface area contributed by atoms with E-state index in [-0.39, 0.29) is 11.9 Å². The van der Waals surface area contributed by atoms with Crippen molar-refractivity contribution in [1.82, 2.24) is 5.32 Å². The molecule has 1 atom stereocenters. The molecule has 0 bridgehead atoms. The first-order chi connectivity index (χ1) is 9.11. The number of hydrogen-bond donors (Lipinski definition) is 1. The van der Waals surface area contributed by atoms with Gasteiger partial charge in [0, 0.05) is 8.59 Å². The summed E-state index contributed by atoms with van der Waals surface area (Å²) in [6.45, 7) is 2.80. The summed E-state index contributed by atoms with van der Waals surface area (Å²) >= 11 is 8.46. The van der Waals surface area contributed by atoms with Gasteiger partial charge in [-0.25, -0.2) is 4.39 Å². The fourth-order valence-corrected chi connectivity index (χ4v) is 2.59. The fraction of sp³-hybridized carbons (Fsp3) is 0.200. The molecule has 1 N–H and O–H groups in total. The van der Waals surface area contributed by atoms with Crippen LogP contribution in [0.1, 0.15) is 24.1 Å². The molecule has 2 aromatic carbocycles. The second-order valence-electron chi connectivity index (χ2n) is 4.21. The molecule has 1 unspecified atom stereocenters. The van der Waals surface area contributed by atoms with Crippen LogP contribution < -0.4 is 5.32 Å². The quantitative estimate of drug-likeness (QED) is 0.742. The Bertz CT molecular complexity index is 557. The van der Waals surface area contributed by atoms with Gasteiger partial charge in [0.25, 0.3) is 0 Å². The maximum Gasteiger partial charge on any atom is 0.123 e. The molecule has 2 rings (SSSR count). The molecule has 0 saturated carbocycles. The van der Waals surface area contributed by atoms with Gasteiger partial charge in [-0.05, 0) is 70.6 Å². The molecular weight excluding hydrogens is 376 g/mol. The van der Waals surface area contributed by atoms with Crippen molar-refractivity contribution in [2.45, 2.75) is 13.0 Å². The average Bonchev–Trinajstić information content (AvgIpc) is 2.40. The Morgan fingerprint density at radius 3 is 2.53 bits per heavy atom. The number of benzene rings is 2. The minimum atomic E-state index is -0.271. The molecule has 1 nitrogen and oxygen atoms in total. The van der Waals surface area contributed by atoms with Gasteiger partial charge in [0.1, 0.15) is 5.82 Å². The lowest BCUT2D eigenvalue weighted by Gasteiger charge is -2.20. The highest BCUT2D eigenvalue weighted by Crippen LogP contribution is 2.29. The summed E-state index contributed by atoms with van der Waals surface area (Å²) in [5.41, 5.74) is 1.85. The van der Waals surface area contributed by atoms with Crippen LogP contribution >= 0.6 is 34.2 Å². The second-order valence-corrected chi connectivity index (χ2v) is 5.86. The first kappa shape index (κ1) is 14.8. The summed E-state index contributed by atoms with van der Waals surface area (Å²) in [5.74, 6) is -0.271. The molecule has 4 heteroatoms. The first-order valence-electron chi connectivity index (χ1n) is 6.05. The fourth-order valence-electron chi connectivity index (χ4n) is 2.00. The molecule has 0 radical (unpaired) electrons. The third kappa shape index (κ3) is 3.68. The maximum atomic E-state index is 13.4. The van der Waals surface area contributed by atoms with Crippen LogP contribution in [-0.4, -0.2) is 6.54 Å². The molecule has 100 valence electrons. The summed E-state index contributed by atoms with van der Waals surface area (Å²) in [4.78, 5) is 0. The Hall–Kier alpha value is -0.650. The van der Waals surface area contributed by atoms with Gasteiger partial charge in [-0.1, -0.05) is 30.7 Å². The topological polar surface area (TPSA) is 12.0 Å². The molecule has 0 amide bonds. The van der Waals surface area contributed by atoms with Gasteiger partial charge in [-0.3, -0.25) is 0 Å². The number of rotatable bonds is 4. The van der Waals surface area contributed by atoms with Gasteiger partial charge in [0.05, 0.1) is 6.04 Å². The van der Waals surface area contributed by atoms with E-state index in [1.807, 2.05) is 31.2 Å².